The van der Waals surface area contributed by atoms with Gasteiger partial charge in [-0.2, -0.15) is 0 Å². The molecule has 1 amide bonds. The minimum atomic E-state index is -0.153. The summed E-state index contributed by atoms with van der Waals surface area (Å²) in [5, 5.41) is 3.29. The van der Waals surface area contributed by atoms with Crippen LogP contribution in [0.2, 0.25) is 0 Å². The third-order valence-corrected chi connectivity index (χ3v) is 5.32. The summed E-state index contributed by atoms with van der Waals surface area (Å²) in [5.41, 5.74) is 0. The summed E-state index contributed by atoms with van der Waals surface area (Å²) in [6.07, 6.45) is 0. The minimum Gasteiger partial charge on any atom is -0.378 e. The van der Waals surface area contributed by atoms with Crippen LogP contribution in [0.15, 0.2) is 10.5 Å². The van der Waals surface area contributed by atoms with Crippen molar-refractivity contribution in [3.8, 4) is 0 Å². The molecular weight excluding hydrogens is 328 g/mol. The van der Waals surface area contributed by atoms with Gasteiger partial charge in [-0.1, -0.05) is 0 Å². The summed E-state index contributed by atoms with van der Waals surface area (Å²) in [6, 6.07) is 1.96. The van der Waals surface area contributed by atoms with Crippen LogP contribution < -0.4 is 5.32 Å². The third kappa shape index (κ3) is 4.02. The van der Waals surface area contributed by atoms with E-state index in [1.54, 1.807) is 11.3 Å². The Morgan fingerprint density at radius 3 is 2.84 bits per heavy atom. The normalized spacial score (nSPS) is 17.5. The molecule has 2 heterocycles. The minimum absolute atomic E-state index is 0.153. The topological polar surface area (TPSA) is 41.6 Å². The molecular formula is C13H19BrN2O2S. The van der Waals surface area contributed by atoms with Crippen molar-refractivity contribution in [1.82, 2.24) is 10.2 Å². The molecule has 0 bridgehead atoms. The maximum absolute atomic E-state index is 12.2. The number of thiophene rings is 1. The lowest BCUT2D eigenvalue weighted by Gasteiger charge is -2.29. The van der Waals surface area contributed by atoms with Gasteiger partial charge < -0.3 is 15.0 Å². The molecule has 4 nitrogen and oxygen atoms in total. The van der Waals surface area contributed by atoms with Crippen molar-refractivity contribution in [2.75, 3.05) is 26.3 Å². The number of hydrogen-bond donors (Lipinski definition) is 1. The molecule has 1 fully saturated rings. The molecule has 1 aliphatic heterocycles. The highest BCUT2D eigenvalue weighted by Crippen LogP contribution is 2.26. The Morgan fingerprint density at radius 1 is 1.58 bits per heavy atom. The molecule has 2 rings (SSSR count). The van der Waals surface area contributed by atoms with E-state index in [4.69, 9.17) is 4.74 Å². The van der Waals surface area contributed by atoms with Crippen molar-refractivity contribution < 1.29 is 9.53 Å². The molecule has 1 unspecified atom stereocenters. The van der Waals surface area contributed by atoms with Crippen LogP contribution >= 0.6 is 27.3 Å². The Morgan fingerprint density at radius 2 is 2.26 bits per heavy atom. The van der Waals surface area contributed by atoms with Gasteiger partial charge >= 0.3 is 0 Å². The van der Waals surface area contributed by atoms with Crippen LogP contribution in [0.4, 0.5) is 0 Å². The largest absolute Gasteiger partial charge is 0.378 e. The Kier molecular flexibility index (Phi) is 5.38. The van der Waals surface area contributed by atoms with E-state index in [0.29, 0.717) is 26.3 Å². The first-order chi connectivity index (χ1) is 9.08. The number of hydrogen-bond acceptors (Lipinski definition) is 4. The fourth-order valence-corrected chi connectivity index (χ4v) is 3.56. The lowest BCUT2D eigenvalue weighted by atomic mass is 10.2. The molecule has 0 spiro atoms. The average Bonchev–Trinajstić information content (AvgIpc) is 2.75. The Hall–Kier alpha value is -0.430. The number of halogens is 1. The lowest BCUT2D eigenvalue weighted by molar-refractivity contribution is -0.137. The first-order valence-electron chi connectivity index (χ1n) is 6.42. The maximum Gasteiger partial charge on any atom is 0.239 e. The predicted molar refractivity (Wildman–Crippen MR) is 80.5 cm³/mol. The second-order valence-corrected chi connectivity index (χ2v) is 6.85. The summed E-state index contributed by atoms with van der Waals surface area (Å²) in [7, 11) is 0. The number of nitrogens with zero attached hydrogens (tertiary/aromatic N) is 1. The first kappa shape index (κ1) is 15.0. The molecule has 0 saturated carbocycles. The van der Waals surface area contributed by atoms with Crippen molar-refractivity contribution in [3.63, 3.8) is 0 Å². The smallest absolute Gasteiger partial charge is 0.239 e. The monoisotopic (exact) mass is 346 g/mol. The van der Waals surface area contributed by atoms with Gasteiger partial charge in [-0.05, 0) is 35.8 Å². The van der Waals surface area contributed by atoms with E-state index in [2.05, 4.69) is 34.2 Å². The highest BCUT2D eigenvalue weighted by molar-refractivity contribution is 9.10. The fourth-order valence-electron chi connectivity index (χ4n) is 2.00. The summed E-state index contributed by atoms with van der Waals surface area (Å²) in [4.78, 5) is 16.6. The van der Waals surface area contributed by atoms with Gasteiger partial charge in [0.1, 0.15) is 0 Å². The zero-order valence-corrected chi connectivity index (χ0v) is 13.6. The molecule has 1 N–H and O–H groups in total. The number of aryl methyl sites for hydroxylation is 1. The first-order valence-corrected chi connectivity index (χ1v) is 8.03. The molecule has 1 aromatic rings. The number of ether oxygens (including phenoxy) is 1. The number of amides is 1. The molecule has 0 radical (unpaired) electrons. The van der Waals surface area contributed by atoms with Crippen LogP contribution in [0.1, 0.15) is 16.7 Å². The van der Waals surface area contributed by atoms with E-state index in [1.165, 1.54) is 9.75 Å². The van der Waals surface area contributed by atoms with Crippen molar-refractivity contribution in [1.29, 1.82) is 0 Å². The van der Waals surface area contributed by atoms with Crippen molar-refractivity contribution >= 4 is 33.2 Å². The van der Waals surface area contributed by atoms with E-state index in [0.717, 1.165) is 11.0 Å². The van der Waals surface area contributed by atoms with Gasteiger partial charge in [0.2, 0.25) is 5.91 Å². The molecule has 19 heavy (non-hydrogen) atoms. The van der Waals surface area contributed by atoms with Gasteiger partial charge in [0, 0.05) is 33.9 Å². The molecule has 106 valence electrons. The number of rotatable bonds is 4. The summed E-state index contributed by atoms with van der Waals surface area (Å²) < 4.78 is 6.40. The Balaban J connectivity index is 1.83. The fraction of sp³-hybridized carbons (Fsp3) is 0.615. The van der Waals surface area contributed by atoms with Crippen molar-refractivity contribution in [2.24, 2.45) is 0 Å². The van der Waals surface area contributed by atoms with E-state index < -0.39 is 0 Å². The second-order valence-electron chi connectivity index (χ2n) is 4.66. The number of nitrogens with one attached hydrogen (secondary N) is 1. The van der Waals surface area contributed by atoms with E-state index in [-0.39, 0.29) is 11.9 Å². The second kappa shape index (κ2) is 6.83. The van der Waals surface area contributed by atoms with Crippen molar-refractivity contribution in [3.05, 3.63) is 20.3 Å². The number of carbonyl (C=O) groups excluding carboxylic acids is 1. The molecule has 1 saturated heterocycles. The van der Waals surface area contributed by atoms with Crippen LogP contribution in [0.5, 0.6) is 0 Å². The van der Waals surface area contributed by atoms with Crippen molar-refractivity contribution in [2.45, 2.75) is 26.4 Å². The van der Waals surface area contributed by atoms with Gasteiger partial charge in [0.15, 0.2) is 0 Å². The molecule has 1 aromatic heterocycles. The van der Waals surface area contributed by atoms with E-state index in [9.17, 15) is 4.79 Å². The van der Waals surface area contributed by atoms with Crippen LogP contribution in [-0.4, -0.2) is 43.2 Å². The van der Waals surface area contributed by atoms with Gasteiger partial charge in [-0.3, -0.25) is 4.79 Å². The zero-order valence-electron chi connectivity index (χ0n) is 11.2. The quantitative estimate of drug-likeness (QED) is 0.908. The molecule has 6 heteroatoms. The third-order valence-electron chi connectivity index (χ3n) is 3.18. The van der Waals surface area contributed by atoms with E-state index >= 15 is 0 Å². The number of carbonyl (C=O) groups is 1. The highest BCUT2D eigenvalue weighted by Gasteiger charge is 2.22. The molecule has 1 aliphatic rings. The zero-order chi connectivity index (χ0) is 13.8. The lowest BCUT2D eigenvalue weighted by Crippen LogP contribution is -2.48. The van der Waals surface area contributed by atoms with E-state index in [1.807, 2.05) is 11.8 Å². The Labute approximate surface area is 126 Å². The highest BCUT2D eigenvalue weighted by atomic mass is 79.9. The standard InChI is InChI=1S/C13H19BrN2O2S/c1-9(13(17)16-3-5-18-6-4-16)15-8-11-7-12(14)10(2)19-11/h7,9,15H,3-6,8H2,1-2H3. The van der Waals surface area contributed by atoms with Crippen LogP contribution in [0.25, 0.3) is 0 Å². The molecule has 0 aromatic carbocycles. The Bertz CT molecular complexity index is 424. The molecule has 0 aliphatic carbocycles. The van der Waals surface area contributed by atoms with Crippen LogP contribution in [0, 0.1) is 6.92 Å². The summed E-state index contributed by atoms with van der Waals surface area (Å²) >= 11 is 5.26. The maximum atomic E-state index is 12.2. The van der Waals surface area contributed by atoms with Gasteiger partial charge in [-0.15, -0.1) is 11.3 Å². The predicted octanol–water partition coefficient (Wildman–Crippen LogP) is 2.16. The summed E-state index contributed by atoms with van der Waals surface area (Å²) in [6.45, 7) is 7.44. The summed E-state index contributed by atoms with van der Waals surface area (Å²) in [5.74, 6) is 0.163. The van der Waals surface area contributed by atoms with Crippen LogP contribution in [0.3, 0.4) is 0 Å². The molecule has 1 atom stereocenters. The number of morpholine rings is 1. The van der Waals surface area contributed by atoms with Gasteiger partial charge in [0.05, 0.1) is 19.3 Å². The van der Waals surface area contributed by atoms with Gasteiger partial charge in [-0.25, -0.2) is 0 Å². The average molecular weight is 347 g/mol. The SMILES string of the molecule is Cc1sc(CNC(C)C(=O)N2CCOCC2)cc1Br. The van der Waals surface area contributed by atoms with Gasteiger partial charge in [0.25, 0.3) is 0 Å². The van der Waals surface area contributed by atoms with Crippen LogP contribution in [-0.2, 0) is 16.1 Å².